The number of halogens is 1. The largest absolute Gasteiger partial charge is 0.396 e. The molecule has 0 radical (unpaired) electrons. The monoisotopic (exact) mass is 311 g/mol. The van der Waals surface area contributed by atoms with Gasteiger partial charge in [0.1, 0.15) is 0 Å². The quantitative estimate of drug-likeness (QED) is 0.897. The molecule has 3 N–H and O–H groups in total. The van der Waals surface area contributed by atoms with E-state index in [1.165, 1.54) is 11.1 Å². The predicted octanol–water partition coefficient (Wildman–Crippen LogP) is 3.04. The molecule has 100 valence electrons. The molecule has 0 spiro atoms. The molecule has 0 bridgehead atoms. The van der Waals surface area contributed by atoms with Gasteiger partial charge in [0.05, 0.1) is 0 Å². The molecule has 1 aromatic carbocycles. The lowest BCUT2D eigenvalue weighted by molar-refractivity contribution is 0.125. The van der Waals surface area contributed by atoms with Gasteiger partial charge in [0.15, 0.2) is 0 Å². The van der Waals surface area contributed by atoms with Crippen LogP contribution in [0.3, 0.4) is 0 Å². The minimum absolute atomic E-state index is 0.0876. The molecule has 0 amide bonds. The molecule has 1 aliphatic rings. The summed E-state index contributed by atoms with van der Waals surface area (Å²) in [6.07, 6.45) is 4.96. The maximum absolute atomic E-state index is 9.36. The molecule has 0 aromatic heterocycles. The van der Waals surface area contributed by atoms with E-state index in [1.807, 2.05) is 0 Å². The third kappa shape index (κ3) is 2.63. The molecule has 1 aromatic rings. The molecule has 0 heterocycles. The Hall–Kier alpha value is -0.380. The second-order valence-corrected chi connectivity index (χ2v) is 6.36. The molecule has 0 saturated carbocycles. The standard InChI is InChI=1S/C15H22BrNO/c1-2-14(17)15(7-8-18)6-5-11-9-13(16)4-3-12(11)10-15/h3-4,9,14,18H,2,5-8,10,17H2,1H3. The van der Waals surface area contributed by atoms with Crippen LogP contribution in [0.5, 0.6) is 0 Å². The molecule has 1 aliphatic carbocycles. The van der Waals surface area contributed by atoms with Gasteiger partial charge in [-0.1, -0.05) is 28.9 Å². The zero-order valence-electron chi connectivity index (χ0n) is 11.0. The Morgan fingerprint density at radius 2 is 2.22 bits per heavy atom. The zero-order valence-corrected chi connectivity index (χ0v) is 12.5. The number of aryl methyl sites for hydroxylation is 1. The number of fused-ring (bicyclic) bond motifs is 1. The second kappa shape index (κ2) is 5.72. The highest BCUT2D eigenvalue weighted by atomic mass is 79.9. The minimum Gasteiger partial charge on any atom is -0.396 e. The number of hydrogen-bond donors (Lipinski definition) is 2. The fourth-order valence-electron chi connectivity index (χ4n) is 3.22. The van der Waals surface area contributed by atoms with E-state index < -0.39 is 0 Å². The number of aliphatic hydroxyl groups is 1. The van der Waals surface area contributed by atoms with Crippen molar-refractivity contribution in [3.8, 4) is 0 Å². The van der Waals surface area contributed by atoms with Crippen LogP contribution in [0.2, 0.25) is 0 Å². The normalized spacial score (nSPS) is 24.7. The summed E-state index contributed by atoms with van der Waals surface area (Å²) in [5.74, 6) is 0. The van der Waals surface area contributed by atoms with Crippen LogP contribution in [-0.2, 0) is 12.8 Å². The van der Waals surface area contributed by atoms with E-state index in [0.29, 0.717) is 0 Å². The second-order valence-electron chi connectivity index (χ2n) is 5.44. The first-order valence-electron chi connectivity index (χ1n) is 6.75. The van der Waals surface area contributed by atoms with E-state index in [-0.39, 0.29) is 18.1 Å². The fourth-order valence-corrected chi connectivity index (χ4v) is 3.63. The van der Waals surface area contributed by atoms with Crippen LogP contribution in [0.4, 0.5) is 0 Å². The Balaban J connectivity index is 2.29. The highest BCUT2D eigenvalue weighted by molar-refractivity contribution is 9.10. The van der Waals surface area contributed by atoms with Crippen molar-refractivity contribution >= 4 is 15.9 Å². The van der Waals surface area contributed by atoms with Crippen LogP contribution in [-0.4, -0.2) is 17.8 Å². The van der Waals surface area contributed by atoms with E-state index in [2.05, 4.69) is 41.1 Å². The number of nitrogens with two attached hydrogens (primary N) is 1. The summed E-state index contributed by atoms with van der Waals surface area (Å²) in [5, 5.41) is 9.36. The number of aliphatic hydroxyl groups excluding tert-OH is 1. The Morgan fingerprint density at radius 1 is 1.44 bits per heavy atom. The summed E-state index contributed by atoms with van der Waals surface area (Å²) >= 11 is 3.53. The molecular weight excluding hydrogens is 290 g/mol. The fraction of sp³-hybridized carbons (Fsp3) is 0.600. The smallest absolute Gasteiger partial charge is 0.0437 e. The van der Waals surface area contributed by atoms with Gasteiger partial charge in [0.25, 0.3) is 0 Å². The van der Waals surface area contributed by atoms with Crippen molar-refractivity contribution in [2.45, 2.75) is 45.1 Å². The summed E-state index contributed by atoms with van der Waals surface area (Å²) in [5.41, 5.74) is 9.26. The maximum Gasteiger partial charge on any atom is 0.0437 e. The summed E-state index contributed by atoms with van der Waals surface area (Å²) in [6, 6.07) is 6.70. The predicted molar refractivity (Wildman–Crippen MR) is 78.6 cm³/mol. The van der Waals surface area contributed by atoms with Crippen LogP contribution >= 0.6 is 15.9 Å². The summed E-state index contributed by atoms with van der Waals surface area (Å²) in [7, 11) is 0. The van der Waals surface area contributed by atoms with Gasteiger partial charge in [-0.05, 0) is 60.8 Å². The highest BCUT2D eigenvalue weighted by Crippen LogP contribution is 2.41. The molecule has 0 saturated heterocycles. The average molecular weight is 312 g/mol. The molecule has 3 heteroatoms. The van der Waals surface area contributed by atoms with Crippen molar-refractivity contribution in [3.63, 3.8) is 0 Å². The average Bonchev–Trinajstić information content (AvgIpc) is 2.38. The molecule has 2 rings (SSSR count). The first kappa shape index (κ1) is 14.0. The molecule has 2 nitrogen and oxygen atoms in total. The summed E-state index contributed by atoms with van der Waals surface area (Å²) in [4.78, 5) is 0. The summed E-state index contributed by atoms with van der Waals surface area (Å²) < 4.78 is 1.15. The van der Waals surface area contributed by atoms with E-state index >= 15 is 0 Å². The molecule has 0 aliphatic heterocycles. The topological polar surface area (TPSA) is 46.2 Å². The van der Waals surface area contributed by atoms with Gasteiger partial charge in [-0.3, -0.25) is 0 Å². The zero-order chi connectivity index (χ0) is 13.2. The van der Waals surface area contributed by atoms with Gasteiger partial charge in [-0.2, -0.15) is 0 Å². The molecule has 18 heavy (non-hydrogen) atoms. The van der Waals surface area contributed by atoms with Crippen LogP contribution in [0.1, 0.15) is 37.3 Å². The van der Waals surface area contributed by atoms with Crippen LogP contribution in [0.15, 0.2) is 22.7 Å². The van der Waals surface area contributed by atoms with E-state index in [0.717, 1.165) is 36.6 Å². The van der Waals surface area contributed by atoms with Crippen molar-refractivity contribution < 1.29 is 5.11 Å². The third-order valence-electron chi connectivity index (χ3n) is 4.44. The van der Waals surface area contributed by atoms with Gasteiger partial charge in [-0.25, -0.2) is 0 Å². The van der Waals surface area contributed by atoms with E-state index in [4.69, 9.17) is 5.73 Å². The van der Waals surface area contributed by atoms with E-state index in [1.54, 1.807) is 0 Å². The van der Waals surface area contributed by atoms with Gasteiger partial charge < -0.3 is 10.8 Å². The van der Waals surface area contributed by atoms with Crippen molar-refractivity contribution in [2.24, 2.45) is 11.1 Å². The van der Waals surface area contributed by atoms with Gasteiger partial charge in [-0.15, -0.1) is 0 Å². The minimum atomic E-state index is 0.0876. The molecule has 0 fully saturated rings. The first-order chi connectivity index (χ1) is 8.61. The lowest BCUT2D eigenvalue weighted by Crippen LogP contribution is -2.46. The molecule has 2 unspecified atom stereocenters. The SMILES string of the molecule is CCC(N)C1(CCO)CCc2cc(Br)ccc2C1. The number of hydrogen-bond acceptors (Lipinski definition) is 2. The van der Waals surface area contributed by atoms with Gasteiger partial charge in [0, 0.05) is 17.1 Å². The lowest BCUT2D eigenvalue weighted by atomic mass is 9.65. The van der Waals surface area contributed by atoms with Crippen LogP contribution in [0.25, 0.3) is 0 Å². The summed E-state index contributed by atoms with van der Waals surface area (Å²) in [6.45, 7) is 2.38. The van der Waals surface area contributed by atoms with Crippen LogP contribution < -0.4 is 5.73 Å². The maximum atomic E-state index is 9.36. The highest BCUT2D eigenvalue weighted by Gasteiger charge is 2.38. The Morgan fingerprint density at radius 3 is 2.89 bits per heavy atom. The lowest BCUT2D eigenvalue weighted by Gasteiger charge is -2.42. The van der Waals surface area contributed by atoms with Crippen molar-refractivity contribution in [1.82, 2.24) is 0 Å². The number of rotatable bonds is 4. The van der Waals surface area contributed by atoms with E-state index in [9.17, 15) is 5.11 Å². The third-order valence-corrected chi connectivity index (χ3v) is 4.93. The Bertz CT molecular complexity index is 421. The first-order valence-corrected chi connectivity index (χ1v) is 7.54. The van der Waals surface area contributed by atoms with Gasteiger partial charge in [0.2, 0.25) is 0 Å². The molecular formula is C15H22BrNO. The Kier molecular flexibility index (Phi) is 4.46. The van der Waals surface area contributed by atoms with Gasteiger partial charge >= 0.3 is 0 Å². The van der Waals surface area contributed by atoms with Crippen LogP contribution in [0, 0.1) is 5.41 Å². The van der Waals surface area contributed by atoms with Crippen molar-refractivity contribution in [3.05, 3.63) is 33.8 Å². The van der Waals surface area contributed by atoms with Crippen molar-refractivity contribution in [2.75, 3.05) is 6.61 Å². The number of benzene rings is 1. The van der Waals surface area contributed by atoms with Crippen molar-refractivity contribution in [1.29, 1.82) is 0 Å². The molecule has 2 atom stereocenters. The Labute approximate surface area is 118 Å².